The van der Waals surface area contributed by atoms with E-state index in [0.29, 0.717) is 19.4 Å². The molecule has 0 spiro atoms. The third-order valence-electron chi connectivity index (χ3n) is 4.37. The highest BCUT2D eigenvalue weighted by atomic mass is 16.4. The van der Waals surface area contributed by atoms with Gasteiger partial charge in [-0.05, 0) is 31.8 Å². The van der Waals surface area contributed by atoms with E-state index in [1.807, 2.05) is 37.8 Å². The summed E-state index contributed by atoms with van der Waals surface area (Å²) in [5, 5.41) is 18.7. The van der Waals surface area contributed by atoms with Gasteiger partial charge in [-0.15, -0.1) is 0 Å². The number of hydrogen-bond acceptors (Lipinski definition) is 3. The maximum absolute atomic E-state index is 12.1. The number of carbonyl (C=O) groups is 2. The van der Waals surface area contributed by atoms with Crippen LogP contribution in [0.2, 0.25) is 0 Å². The van der Waals surface area contributed by atoms with Crippen molar-refractivity contribution in [3.05, 3.63) is 48.1 Å². The topological polar surface area (TPSA) is 77.8 Å². The first-order valence-electron chi connectivity index (χ1n) is 8.67. The van der Waals surface area contributed by atoms with Gasteiger partial charge in [-0.3, -0.25) is 4.79 Å². The lowest BCUT2D eigenvalue weighted by molar-refractivity contribution is -0.132. The molecular formula is C20H29NO4. The molecule has 1 rings (SSSR count). The van der Waals surface area contributed by atoms with E-state index in [2.05, 4.69) is 6.58 Å². The molecular weight excluding hydrogens is 318 g/mol. The molecule has 25 heavy (non-hydrogen) atoms. The van der Waals surface area contributed by atoms with Crippen molar-refractivity contribution < 1.29 is 19.8 Å². The van der Waals surface area contributed by atoms with Gasteiger partial charge < -0.3 is 15.1 Å². The standard InChI is InChI=1S/C20H29NO4/c1-5-16(7-6-15(4)20(24)25)12-13-21-17(9-11-19(21)23)8-10-18(22)14(2)3/h5-8,10,14,17-18,22H,4,9,11-13H2,1-3H3,(H,24,25)/b7-6-,10-8+,16-5+. The number of allylic oxidation sites excluding steroid dienone is 2. The van der Waals surface area contributed by atoms with Crippen LogP contribution in [0.1, 0.15) is 40.0 Å². The summed E-state index contributed by atoms with van der Waals surface area (Å²) in [5.41, 5.74) is 0.979. The predicted octanol–water partition coefficient (Wildman–Crippen LogP) is 3.08. The molecule has 0 aromatic carbocycles. The molecule has 1 aliphatic heterocycles. The number of hydrogen-bond donors (Lipinski definition) is 2. The lowest BCUT2D eigenvalue weighted by Crippen LogP contribution is -2.33. The lowest BCUT2D eigenvalue weighted by atomic mass is 10.1. The first-order chi connectivity index (χ1) is 11.8. The summed E-state index contributed by atoms with van der Waals surface area (Å²) in [4.78, 5) is 24.7. The van der Waals surface area contributed by atoms with Crippen LogP contribution in [0.25, 0.3) is 0 Å². The van der Waals surface area contributed by atoms with Crippen molar-refractivity contribution in [3.8, 4) is 0 Å². The second-order valence-corrected chi connectivity index (χ2v) is 6.59. The van der Waals surface area contributed by atoms with Crippen molar-refractivity contribution in [1.29, 1.82) is 0 Å². The van der Waals surface area contributed by atoms with Crippen LogP contribution in [0.3, 0.4) is 0 Å². The SMILES string of the molecule is C=C(/C=C\C(=C/C)CCN1C(=O)CCC1/C=C/C(O)C(C)C)C(=O)O. The lowest BCUT2D eigenvalue weighted by Gasteiger charge is -2.23. The Bertz CT molecular complexity index is 587. The van der Waals surface area contributed by atoms with Crippen molar-refractivity contribution in [1.82, 2.24) is 4.90 Å². The molecule has 138 valence electrons. The zero-order valence-corrected chi connectivity index (χ0v) is 15.3. The zero-order chi connectivity index (χ0) is 19.0. The van der Waals surface area contributed by atoms with E-state index in [0.717, 1.165) is 12.0 Å². The summed E-state index contributed by atoms with van der Waals surface area (Å²) in [6.07, 6.45) is 10.2. The average Bonchev–Trinajstić information content (AvgIpc) is 2.92. The van der Waals surface area contributed by atoms with Crippen LogP contribution < -0.4 is 0 Å². The molecule has 0 aliphatic carbocycles. The third kappa shape index (κ3) is 6.70. The first kappa shape index (κ1) is 20.9. The highest BCUT2D eigenvalue weighted by Gasteiger charge is 2.28. The van der Waals surface area contributed by atoms with Gasteiger partial charge in [0.05, 0.1) is 17.7 Å². The van der Waals surface area contributed by atoms with Crippen LogP contribution in [0, 0.1) is 5.92 Å². The first-order valence-corrected chi connectivity index (χ1v) is 8.67. The number of nitrogens with zero attached hydrogens (tertiary/aromatic N) is 1. The Labute approximate surface area is 150 Å². The molecule has 5 nitrogen and oxygen atoms in total. The van der Waals surface area contributed by atoms with Gasteiger partial charge in [0.25, 0.3) is 0 Å². The van der Waals surface area contributed by atoms with Gasteiger partial charge in [-0.2, -0.15) is 0 Å². The van der Waals surface area contributed by atoms with Gasteiger partial charge in [-0.25, -0.2) is 4.79 Å². The largest absolute Gasteiger partial charge is 0.478 e. The molecule has 2 atom stereocenters. The number of likely N-dealkylation sites (tertiary alicyclic amines) is 1. The molecule has 0 radical (unpaired) electrons. The number of amides is 1. The Balaban J connectivity index is 2.67. The minimum Gasteiger partial charge on any atom is -0.478 e. The molecule has 0 aromatic rings. The maximum Gasteiger partial charge on any atom is 0.335 e. The molecule has 1 aliphatic rings. The van der Waals surface area contributed by atoms with Crippen molar-refractivity contribution in [3.63, 3.8) is 0 Å². The van der Waals surface area contributed by atoms with Crippen molar-refractivity contribution in [2.45, 2.75) is 52.2 Å². The average molecular weight is 347 g/mol. The van der Waals surface area contributed by atoms with Crippen LogP contribution in [-0.2, 0) is 9.59 Å². The highest BCUT2D eigenvalue weighted by molar-refractivity contribution is 5.89. The van der Waals surface area contributed by atoms with E-state index in [9.17, 15) is 14.7 Å². The van der Waals surface area contributed by atoms with E-state index in [1.54, 1.807) is 12.2 Å². The maximum atomic E-state index is 12.1. The van der Waals surface area contributed by atoms with E-state index < -0.39 is 12.1 Å². The fourth-order valence-electron chi connectivity index (χ4n) is 2.56. The van der Waals surface area contributed by atoms with E-state index in [1.165, 1.54) is 6.08 Å². The number of aliphatic carboxylic acids is 1. The van der Waals surface area contributed by atoms with Crippen molar-refractivity contribution in [2.75, 3.05) is 6.54 Å². The van der Waals surface area contributed by atoms with E-state index in [-0.39, 0.29) is 23.4 Å². The third-order valence-corrected chi connectivity index (χ3v) is 4.37. The molecule has 1 saturated heterocycles. The van der Waals surface area contributed by atoms with Crippen LogP contribution >= 0.6 is 0 Å². The molecule has 1 heterocycles. The zero-order valence-electron chi connectivity index (χ0n) is 15.3. The quantitative estimate of drug-likeness (QED) is 0.382. The minimum atomic E-state index is -1.05. The smallest absolute Gasteiger partial charge is 0.335 e. The van der Waals surface area contributed by atoms with Gasteiger partial charge in [0, 0.05) is 13.0 Å². The highest BCUT2D eigenvalue weighted by Crippen LogP contribution is 2.22. The molecule has 0 aromatic heterocycles. The molecule has 0 bridgehead atoms. The summed E-state index contributed by atoms with van der Waals surface area (Å²) in [6.45, 7) is 9.80. The van der Waals surface area contributed by atoms with Crippen LogP contribution in [0.4, 0.5) is 0 Å². The van der Waals surface area contributed by atoms with Gasteiger partial charge >= 0.3 is 5.97 Å². The summed E-state index contributed by atoms with van der Waals surface area (Å²) < 4.78 is 0. The van der Waals surface area contributed by atoms with Gasteiger partial charge in [0.15, 0.2) is 0 Å². The van der Waals surface area contributed by atoms with Crippen LogP contribution in [0.15, 0.2) is 48.1 Å². The number of carbonyl (C=O) groups excluding carboxylic acids is 1. The van der Waals surface area contributed by atoms with E-state index >= 15 is 0 Å². The second kappa shape index (κ2) is 9.99. The number of aliphatic hydroxyl groups excluding tert-OH is 1. The Hall–Kier alpha value is -2.14. The number of aliphatic hydroxyl groups is 1. The predicted molar refractivity (Wildman–Crippen MR) is 99.0 cm³/mol. The summed E-state index contributed by atoms with van der Waals surface area (Å²) in [7, 11) is 0. The molecule has 1 amide bonds. The summed E-state index contributed by atoms with van der Waals surface area (Å²) in [6, 6.07) is 0.0111. The fourth-order valence-corrected chi connectivity index (χ4v) is 2.56. The number of carboxylic acids is 1. The molecule has 2 unspecified atom stereocenters. The molecule has 5 heteroatoms. The summed E-state index contributed by atoms with van der Waals surface area (Å²) >= 11 is 0. The number of rotatable bonds is 9. The van der Waals surface area contributed by atoms with Gasteiger partial charge in [-0.1, -0.05) is 50.3 Å². The number of carboxylic acid groups (broad SMARTS) is 1. The molecule has 0 saturated carbocycles. The van der Waals surface area contributed by atoms with Crippen molar-refractivity contribution >= 4 is 11.9 Å². The normalized spacial score (nSPS) is 20.2. The summed E-state index contributed by atoms with van der Waals surface area (Å²) in [5.74, 6) is -0.790. The monoisotopic (exact) mass is 347 g/mol. The Morgan fingerprint density at radius 1 is 1.40 bits per heavy atom. The fraction of sp³-hybridized carbons (Fsp3) is 0.500. The Kier molecular flexibility index (Phi) is 8.35. The molecule has 1 fully saturated rings. The second-order valence-electron chi connectivity index (χ2n) is 6.59. The Morgan fingerprint density at radius 2 is 2.08 bits per heavy atom. The minimum absolute atomic E-state index is 0.0111. The van der Waals surface area contributed by atoms with Crippen LogP contribution in [0.5, 0.6) is 0 Å². The van der Waals surface area contributed by atoms with E-state index in [4.69, 9.17) is 5.11 Å². The Morgan fingerprint density at radius 3 is 2.64 bits per heavy atom. The van der Waals surface area contributed by atoms with Gasteiger partial charge in [0.2, 0.25) is 5.91 Å². The van der Waals surface area contributed by atoms with Crippen LogP contribution in [-0.4, -0.2) is 45.7 Å². The molecule has 2 N–H and O–H groups in total. The van der Waals surface area contributed by atoms with Crippen molar-refractivity contribution in [2.24, 2.45) is 5.92 Å². The van der Waals surface area contributed by atoms with Gasteiger partial charge in [0.1, 0.15) is 0 Å².